The van der Waals surface area contributed by atoms with Crippen molar-refractivity contribution in [2.75, 3.05) is 20.3 Å². The second kappa shape index (κ2) is 10.7. The number of nitrogens with zero attached hydrogens (tertiary/aromatic N) is 3. The summed E-state index contributed by atoms with van der Waals surface area (Å²) in [5.74, 6) is 1.95. The minimum Gasteiger partial charge on any atom is -0.324 e. The average molecular weight is 410 g/mol. The Labute approximate surface area is 180 Å². The molecule has 30 heavy (non-hydrogen) atoms. The molecule has 0 spiro atoms. The highest BCUT2D eigenvalue weighted by Crippen LogP contribution is 2.31. The summed E-state index contributed by atoms with van der Waals surface area (Å²) in [5, 5.41) is 0. The van der Waals surface area contributed by atoms with Gasteiger partial charge in [0.15, 0.2) is 0 Å². The van der Waals surface area contributed by atoms with Crippen LogP contribution in [-0.2, 0) is 13.0 Å². The van der Waals surface area contributed by atoms with Gasteiger partial charge in [-0.1, -0.05) is 56.3 Å². The van der Waals surface area contributed by atoms with Gasteiger partial charge in [0.05, 0.1) is 24.8 Å². The average Bonchev–Trinajstić information content (AvgIpc) is 3.19. The van der Waals surface area contributed by atoms with Gasteiger partial charge in [0.1, 0.15) is 5.82 Å². The Morgan fingerprint density at radius 3 is 2.33 bits per heavy atom. The van der Waals surface area contributed by atoms with Crippen molar-refractivity contribution in [1.29, 1.82) is 0 Å². The van der Waals surface area contributed by atoms with E-state index in [0.717, 1.165) is 38.0 Å². The summed E-state index contributed by atoms with van der Waals surface area (Å²) in [5.41, 5.74) is 5.43. The highest BCUT2D eigenvalue weighted by Gasteiger charge is 2.23. The molecule has 1 aromatic heterocycles. The summed E-state index contributed by atoms with van der Waals surface area (Å²) < 4.78 is 12.0. The Bertz CT molecular complexity index is 911. The van der Waals surface area contributed by atoms with Gasteiger partial charge < -0.3 is 4.57 Å². The first-order valence-electron chi connectivity index (χ1n) is 11.3. The summed E-state index contributed by atoms with van der Waals surface area (Å²) in [4.78, 5) is 7.69. The fraction of sp³-hybridized carbons (Fsp3) is 0.500. The number of piperidine rings is 1. The molecule has 2 aromatic carbocycles. The zero-order valence-corrected chi connectivity index (χ0v) is 18.9. The lowest BCUT2D eigenvalue weighted by Gasteiger charge is -2.32. The van der Waals surface area contributed by atoms with E-state index >= 15 is 0 Å². The number of halogens is 1. The highest BCUT2D eigenvalue weighted by atomic mass is 19.1. The fourth-order valence-corrected chi connectivity index (χ4v) is 4.67. The molecule has 0 amide bonds. The number of benzene rings is 2. The molecule has 162 valence electrons. The van der Waals surface area contributed by atoms with E-state index in [4.69, 9.17) is 4.98 Å². The quantitative estimate of drug-likeness (QED) is 0.461. The molecular weight excluding hydrogens is 373 g/mol. The molecule has 3 nitrogen and oxygen atoms in total. The second-order valence-corrected chi connectivity index (χ2v) is 8.25. The van der Waals surface area contributed by atoms with E-state index in [2.05, 4.69) is 78.8 Å². The Kier molecular flexibility index (Phi) is 8.03. The van der Waals surface area contributed by atoms with Gasteiger partial charge in [-0.3, -0.25) is 9.29 Å². The minimum absolute atomic E-state index is 0.481. The van der Waals surface area contributed by atoms with Crippen LogP contribution in [0.2, 0.25) is 0 Å². The Morgan fingerprint density at radius 2 is 1.70 bits per heavy atom. The zero-order valence-electron chi connectivity index (χ0n) is 18.9. The summed E-state index contributed by atoms with van der Waals surface area (Å²) in [7, 11) is 0.500. The lowest BCUT2D eigenvalue weighted by Crippen LogP contribution is -2.33. The van der Waals surface area contributed by atoms with Crippen LogP contribution < -0.4 is 0 Å². The van der Waals surface area contributed by atoms with Crippen molar-refractivity contribution in [3.05, 3.63) is 65.5 Å². The number of rotatable bonds is 6. The first-order chi connectivity index (χ1) is 14.7. The molecule has 3 aromatic rings. The third kappa shape index (κ3) is 4.75. The van der Waals surface area contributed by atoms with Crippen LogP contribution in [0, 0.1) is 0 Å². The number of hydrogen-bond acceptors (Lipinski definition) is 2. The van der Waals surface area contributed by atoms with Crippen LogP contribution in [0.1, 0.15) is 68.9 Å². The maximum Gasteiger partial charge on any atom is 0.124 e. The number of likely N-dealkylation sites (tertiary alicyclic amines) is 1. The minimum atomic E-state index is 0.481. The largest absolute Gasteiger partial charge is 0.324 e. The molecule has 1 aliphatic heterocycles. The van der Waals surface area contributed by atoms with Crippen LogP contribution in [0.3, 0.4) is 0 Å². The number of fused-ring (bicyclic) bond motifs is 1. The Morgan fingerprint density at radius 1 is 1.00 bits per heavy atom. The van der Waals surface area contributed by atoms with Crippen LogP contribution in [0.15, 0.2) is 48.5 Å². The van der Waals surface area contributed by atoms with Crippen LogP contribution in [0.4, 0.5) is 4.39 Å². The molecule has 0 saturated carbocycles. The lowest BCUT2D eigenvalue weighted by molar-refractivity contribution is 0.197. The smallest absolute Gasteiger partial charge is 0.124 e. The SMILES string of the molecule is CCc1cccc2nc(CN3CCC(c4ccccc4)CC3)n([C@@H](C)CC)c12.CF. The number of hydrogen-bond donors (Lipinski definition) is 0. The molecule has 0 bridgehead atoms. The Balaban J connectivity index is 0.00000124. The van der Waals surface area contributed by atoms with Crippen molar-refractivity contribution in [2.24, 2.45) is 0 Å². The topological polar surface area (TPSA) is 21.1 Å². The molecule has 1 atom stereocenters. The number of alkyl halides is 1. The number of aromatic nitrogens is 2. The normalized spacial score (nSPS) is 16.3. The summed E-state index contributed by atoms with van der Waals surface area (Å²) in [6, 6.07) is 18.1. The van der Waals surface area contributed by atoms with Crippen LogP contribution >= 0.6 is 0 Å². The van der Waals surface area contributed by atoms with Gasteiger partial charge >= 0.3 is 0 Å². The maximum atomic E-state index is 9.50. The highest BCUT2D eigenvalue weighted by molar-refractivity contribution is 5.80. The first-order valence-corrected chi connectivity index (χ1v) is 11.3. The van der Waals surface area contributed by atoms with Gasteiger partial charge in [-0.15, -0.1) is 0 Å². The standard InChI is InChI=1S/C25H33N3.CH3F/c1-4-19(3)28-24(26-23-13-9-12-20(5-2)25(23)28)18-27-16-14-22(15-17-27)21-10-7-6-8-11-21;1-2/h6-13,19,22H,4-5,14-18H2,1-3H3;1H3/t19-;/m0./s1. The summed E-state index contributed by atoms with van der Waals surface area (Å²) >= 11 is 0. The molecule has 0 N–H and O–H groups in total. The molecule has 0 aliphatic carbocycles. The monoisotopic (exact) mass is 409 g/mol. The third-order valence-corrected chi connectivity index (χ3v) is 6.50. The number of para-hydroxylation sites is 1. The molecule has 4 heteroatoms. The molecule has 0 unspecified atom stereocenters. The number of aryl methyl sites for hydroxylation is 1. The molecular formula is C26H36FN3. The van der Waals surface area contributed by atoms with E-state index in [1.54, 1.807) is 0 Å². The van der Waals surface area contributed by atoms with Gasteiger partial charge in [0, 0.05) is 6.04 Å². The molecule has 2 heterocycles. The van der Waals surface area contributed by atoms with Gasteiger partial charge in [-0.2, -0.15) is 0 Å². The van der Waals surface area contributed by atoms with Crippen molar-refractivity contribution >= 4 is 11.0 Å². The second-order valence-electron chi connectivity index (χ2n) is 8.25. The molecule has 1 fully saturated rings. The van der Waals surface area contributed by atoms with Gasteiger partial charge in [-0.05, 0) is 68.8 Å². The molecule has 0 radical (unpaired) electrons. The van der Waals surface area contributed by atoms with E-state index < -0.39 is 0 Å². The number of imidazole rings is 1. The molecule has 1 aliphatic rings. The van der Waals surface area contributed by atoms with E-state index in [1.807, 2.05) is 0 Å². The van der Waals surface area contributed by atoms with Gasteiger partial charge in [-0.25, -0.2) is 4.98 Å². The lowest BCUT2D eigenvalue weighted by atomic mass is 9.89. The third-order valence-electron chi connectivity index (χ3n) is 6.50. The predicted octanol–water partition coefficient (Wildman–Crippen LogP) is 6.54. The van der Waals surface area contributed by atoms with Crippen LogP contribution in [0.25, 0.3) is 11.0 Å². The molecule has 4 rings (SSSR count). The van der Waals surface area contributed by atoms with E-state index in [9.17, 15) is 4.39 Å². The van der Waals surface area contributed by atoms with Crippen LogP contribution in [-0.4, -0.2) is 34.7 Å². The van der Waals surface area contributed by atoms with E-state index in [0.29, 0.717) is 19.1 Å². The van der Waals surface area contributed by atoms with Crippen LogP contribution in [0.5, 0.6) is 0 Å². The summed E-state index contributed by atoms with van der Waals surface area (Å²) in [6.45, 7) is 10.1. The Hall–Kier alpha value is -2.20. The zero-order chi connectivity index (χ0) is 21.5. The van der Waals surface area contributed by atoms with E-state index in [-0.39, 0.29) is 0 Å². The van der Waals surface area contributed by atoms with Crippen molar-refractivity contribution in [2.45, 2.75) is 65.0 Å². The van der Waals surface area contributed by atoms with Crippen molar-refractivity contribution in [1.82, 2.24) is 14.5 Å². The van der Waals surface area contributed by atoms with E-state index in [1.165, 1.54) is 35.3 Å². The van der Waals surface area contributed by atoms with Crippen molar-refractivity contribution in [3.8, 4) is 0 Å². The predicted molar refractivity (Wildman–Crippen MR) is 125 cm³/mol. The summed E-state index contributed by atoms with van der Waals surface area (Å²) in [6.07, 6.45) is 4.68. The van der Waals surface area contributed by atoms with Gasteiger partial charge in [0.2, 0.25) is 0 Å². The van der Waals surface area contributed by atoms with Crippen molar-refractivity contribution < 1.29 is 4.39 Å². The maximum absolute atomic E-state index is 9.50. The van der Waals surface area contributed by atoms with Crippen molar-refractivity contribution in [3.63, 3.8) is 0 Å². The first kappa shape index (κ1) is 22.5. The molecule has 1 saturated heterocycles. The van der Waals surface area contributed by atoms with Gasteiger partial charge in [0.25, 0.3) is 0 Å². The fourth-order valence-electron chi connectivity index (χ4n) is 4.67.